The Morgan fingerprint density at radius 1 is 0.333 bits per heavy atom. The van der Waals surface area contributed by atoms with E-state index in [2.05, 4.69) is 128 Å². The number of carboxylic acid groups (broad SMARTS) is 1. The molecule has 0 unspecified atom stereocenters. The molecule has 0 aliphatic heterocycles. The van der Waals surface area contributed by atoms with E-state index in [0.717, 1.165) is 0 Å². The third-order valence-electron chi connectivity index (χ3n) is 21.9. The molecule has 776 valence electrons. The van der Waals surface area contributed by atoms with Gasteiger partial charge < -0.3 is 128 Å². The van der Waals surface area contributed by atoms with Gasteiger partial charge in [-0.15, -0.1) is 0 Å². The average Bonchev–Trinajstić information content (AvgIpc) is 0.836. The van der Waals surface area contributed by atoms with Crippen molar-refractivity contribution < 1.29 is 112 Å². The van der Waals surface area contributed by atoms with E-state index in [-0.39, 0.29) is 111 Å². The largest absolute Gasteiger partial charge is 0.480 e. The molecule has 0 saturated carbocycles. The SMILES string of the molecule is CC[C@H](C)[C@H](NC(=O)[C@H](CC(C)C)NC(=O)[C@@H](NC(=O)[C@H](CC(C)C)NC(=O)[C@H](CS)NC(=O)[C@H](CCCCN)NC(=O)[C@H](CCSC)NC(=O)[C@H](CO)NC(=O)[C@H](CC(N)=O)NC(=O)[C@H](Cc1ccccc1)NC(=O)[C@H](CC(C)C)NC(=O)[C@H](CS)NC(=O)[C@@H](N)CO)C(C)C)C(=O)N[C@@H](CC(C)C)C(=O)N[C@@H](CS)C(=O)N[C@@H](Cc1ccccc1)C(=O)N[C@H](C(=O)N[C@@H](CO)C(=O)O)C(C)C. The lowest BCUT2D eigenvalue weighted by Gasteiger charge is -2.31. The normalized spacial score (nSPS) is 15.5. The predicted octanol–water partition coefficient (Wildman–Crippen LogP) is -3.81. The second-order valence-corrected chi connectivity index (χ2v) is 38.4. The summed E-state index contributed by atoms with van der Waals surface area (Å²) in [6, 6.07) is -9.88. The lowest BCUT2D eigenvalue weighted by atomic mass is 9.95. The third kappa shape index (κ3) is 44.8. The van der Waals surface area contributed by atoms with E-state index in [0.29, 0.717) is 24.0 Å². The Labute approximate surface area is 828 Å². The van der Waals surface area contributed by atoms with E-state index in [1.54, 1.807) is 164 Å². The van der Waals surface area contributed by atoms with Gasteiger partial charge in [-0.25, -0.2) is 4.79 Å². The molecule has 18 amide bonds. The van der Waals surface area contributed by atoms with Gasteiger partial charge >= 0.3 is 5.97 Å². The number of carbonyl (C=O) groups is 19. The number of aliphatic hydroxyl groups is 3. The number of nitrogens with one attached hydrogen (secondary N) is 17. The summed E-state index contributed by atoms with van der Waals surface area (Å²) in [7, 11) is 0. The highest BCUT2D eigenvalue weighted by Crippen LogP contribution is 2.19. The van der Waals surface area contributed by atoms with Crippen LogP contribution in [0.25, 0.3) is 0 Å². The molecule has 2 aromatic carbocycles. The van der Waals surface area contributed by atoms with E-state index in [9.17, 15) is 112 Å². The molecule has 43 nitrogen and oxygen atoms in total. The van der Waals surface area contributed by atoms with Crippen LogP contribution in [-0.2, 0) is 104 Å². The van der Waals surface area contributed by atoms with E-state index >= 15 is 0 Å². The predicted molar refractivity (Wildman–Crippen MR) is 528 cm³/mol. The van der Waals surface area contributed by atoms with E-state index in [1.807, 2.05) is 0 Å². The van der Waals surface area contributed by atoms with Gasteiger partial charge in [-0.3, -0.25) is 86.3 Å². The number of aliphatic hydroxyl groups excluding tert-OH is 3. The number of thioether (sulfide) groups is 1. The van der Waals surface area contributed by atoms with Crippen molar-refractivity contribution in [3.8, 4) is 0 Å². The summed E-state index contributed by atoms with van der Waals surface area (Å²) >= 11 is 14.2. The van der Waals surface area contributed by atoms with E-state index in [1.165, 1.54) is 11.8 Å². The first kappa shape index (κ1) is 124. The summed E-state index contributed by atoms with van der Waals surface area (Å²) in [4.78, 5) is 266. The molecular formula is C91H150N20O23S4. The topological polar surface area (TPSA) is 688 Å². The highest BCUT2D eigenvalue weighted by atomic mass is 32.2. The molecule has 0 spiro atoms. The molecule has 138 heavy (non-hydrogen) atoms. The number of carbonyl (C=O) groups excluding carboxylic acids is 18. The molecule has 2 rings (SSSR count). The minimum Gasteiger partial charge on any atom is -0.480 e. The van der Waals surface area contributed by atoms with Crippen molar-refractivity contribution in [2.45, 2.75) is 283 Å². The Morgan fingerprint density at radius 2 is 0.609 bits per heavy atom. The first-order valence-corrected chi connectivity index (χ1v) is 49.6. The molecule has 47 heteroatoms. The number of carboxylic acids is 1. The second-order valence-electron chi connectivity index (χ2n) is 36.4. The summed E-state index contributed by atoms with van der Waals surface area (Å²) in [5.74, 6) is -22.2. The molecule has 0 aromatic heterocycles. The maximum atomic E-state index is 14.7. The molecule has 0 radical (unpaired) electrons. The quantitative estimate of drug-likeness (QED) is 0.0223. The summed E-state index contributed by atoms with van der Waals surface area (Å²) in [6.45, 7) is 21.3. The number of thiol groups is 3. The van der Waals surface area contributed by atoms with Gasteiger partial charge in [0.1, 0.15) is 109 Å². The molecular weight excluding hydrogens is 1870 g/mol. The summed E-state index contributed by atoms with van der Waals surface area (Å²) < 4.78 is 0. The van der Waals surface area contributed by atoms with Crippen LogP contribution in [0.3, 0.4) is 0 Å². The van der Waals surface area contributed by atoms with Crippen LogP contribution in [0.5, 0.6) is 0 Å². The van der Waals surface area contributed by atoms with Crippen molar-refractivity contribution in [1.29, 1.82) is 0 Å². The van der Waals surface area contributed by atoms with Crippen molar-refractivity contribution in [3.63, 3.8) is 0 Å². The number of nitrogens with two attached hydrogens (primary N) is 3. The number of hydrogen-bond donors (Lipinski definition) is 27. The van der Waals surface area contributed by atoms with Gasteiger partial charge in [-0.1, -0.05) is 164 Å². The lowest BCUT2D eigenvalue weighted by Crippen LogP contribution is -2.62. The monoisotopic (exact) mass is 2020 g/mol. The molecule has 0 saturated heterocycles. The van der Waals surface area contributed by atoms with Crippen LogP contribution < -0.4 is 108 Å². The minimum atomic E-state index is -1.91. The highest BCUT2D eigenvalue weighted by Gasteiger charge is 2.42. The van der Waals surface area contributed by atoms with Crippen LogP contribution >= 0.6 is 49.6 Å². The maximum absolute atomic E-state index is 14.7. The second kappa shape index (κ2) is 64.7. The number of unbranched alkanes of at least 4 members (excludes halogenated alkanes) is 1. The first-order valence-electron chi connectivity index (χ1n) is 46.3. The number of amides is 18. The van der Waals surface area contributed by atoms with Gasteiger partial charge in [-0.05, 0) is 122 Å². The molecule has 0 aliphatic rings. The number of benzene rings is 2. The van der Waals surface area contributed by atoms with Crippen molar-refractivity contribution >= 4 is 162 Å². The van der Waals surface area contributed by atoms with Gasteiger partial charge in [0.25, 0.3) is 0 Å². The molecule has 27 N–H and O–H groups in total. The fraction of sp³-hybridized carbons (Fsp3) is 0.659. The number of rotatable bonds is 66. The lowest BCUT2D eigenvalue weighted by molar-refractivity contribution is -0.143. The summed E-state index contributed by atoms with van der Waals surface area (Å²) in [5.41, 5.74) is 18.1. The van der Waals surface area contributed by atoms with Gasteiger partial charge in [0.2, 0.25) is 106 Å². The molecule has 0 aliphatic carbocycles. The van der Waals surface area contributed by atoms with Gasteiger partial charge in [-0.2, -0.15) is 49.6 Å². The van der Waals surface area contributed by atoms with Crippen LogP contribution in [-0.4, -0.2) is 297 Å². The van der Waals surface area contributed by atoms with E-state index < -0.39 is 265 Å². The van der Waals surface area contributed by atoms with Crippen LogP contribution in [0.15, 0.2) is 60.7 Å². The Kier molecular flexibility index (Phi) is 58.0. The zero-order chi connectivity index (χ0) is 104. The van der Waals surface area contributed by atoms with Gasteiger partial charge in [0, 0.05) is 30.1 Å². The van der Waals surface area contributed by atoms with Crippen LogP contribution in [0.1, 0.15) is 172 Å². The third-order valence-corrected chi connectivity index (χ3v) is 23.7. The maximum Gasteiger partial charge on any atom is 0.328 e. The average molecular weight is 2020 g/mol. The molecule has 2 aromatic rings. The minimum absolute atomic E-state index is 0.00113. The van der Waals surface area contributed by atoms with Crippen molar-refractivity contribution in [2.75, 3.05) is 55.6 Å². The summed E-state index contributed by atoms with van der Waals surface area (Å²) in [5, 5.41) is 82.8. The summed E-state index contributed by atoms with van der Waals surface area (Å²) in [6.07, 6.45) is 1.07. The molecule has 0 bridgehead atoms. The molecule has 0 heterocycles. The van der Waals surface area contributed by atoms with Crippen LogP contribution in [0.2, 0.25) is 0 Å². The van der Waals surface area contributed by atoms with Gasteiger partial charge in [0.05, 0.1) is 26.2 Å². The molecule has 19 atom stereocenters. The zero-order valence-corrected chi connectivity index (χ0v) is 84.9. The van der Waals surface area contributed by atoms with Crippen molar-refractivity contribution in [3.05, 3.63) is 71.8 Å². The zero-order valence-electron chi connectivity index (χ0n) is 81.4. The Balaban J connectivity index is 2.46. The number of hydrogen-bond acceptors (Lipinski definition) is 28. The molecule has 0 fully saturated rings. The van der Waals surface area contributed by atoms with Crippen LogP contribution in [0.4, 0.5) is 0 Å². The Hall–Kier alpha value is -10.4. The highest BCUT2D eigenvalue weighted by molar-refractivity contribution is 7.98. The van der Waals surface area contributed by atoms with Crippen molar-refractivity contribution in [1.82, 2.24) is 90.4 Å². The Bertz CT molecular complexity index is 4300. The van der Waals surface area contributed by atoms with E-state index in [4.69, 9.17) is 17.2 Å². The number of aliphatic carboxylic acids is 1. The van der Waals surface area contributed by atoms with Crippen LogP contribution in [0, 0.1) is 41.4 Å². The standard InChI is InChI=1S/C91H150N20O23S4/c1-16-52(14)73(90(132)103-59(34-47(4)5)78(120)108-69(45-137)87(129)100-63(38-54-27-21-18-22-28-54)83(125)110-72(51(12)13)89(131)105-66(42-114)91(133)134)111-82(124)61(36-49(8)9)102-88(130)71(50(10)11)109-81(123)60(35-48(6)7)98-86(128)68(44-136)107-75(117)56(29-23-24-31-92)95-76(118)57(30-32-138-15)96-84(126)65(41-113)104-80(122)64(39-70(94)115)101-79(121)62(37-53-25-19-17-20-26-53)99-77(119)58(33-46(2)3)97-85(127)67(43-135)106-74(116)55(93)40-112/h17-22,25-28,46-52,55-69,71-73,112-114,135-137H,16,23-24,29-45,92-93H2,1-15H3,(H2,94,115)(H,95,118)(H,96,126)(H,97,127)(H,98,128)(H,99,119)(H,100,129)(H,101,121)(H,102,130)(H,103,132)(H,104,122)(H,105,131)(H,106,116)(H,107,117)(H,108,120)(H,109,123)(H,110,125)(H,111,124)(H,133,134)/t52-,55-,56-,57-,58-,59-,60-,61-,62-,63-,64-,65-,66-,67-,68-,69-,71-,72-,73-/m0/s1. The fourth-order valence-corrected chi connectivity index (χ4v) is 15.2. The fourth-order valence-electron chi connectivity index (χ4n) is 14.0. The smallest absolute Gasteiger partial charge is 0.328 e. The first-order chi connectivity index (χ1) is 65.0. The Morgan fingerprint density at radius 3 is 0.942 bits per heavy atom. The number of primary amides is 1. The van der Waals surface area contributed by atoms with Gasteiger partial charge in [0.15, 0.2) is 0 Å². The van der Waals surface area contributed by atoms with Crippen molar-refractivity contribution in [2.24, 2.45) is 58.6 Å².